The van der Waals surface area contributed by atoms with E-state index in [-0.39, 0.29) is 6.79 Å². The molecule has 0 aliphatic carbocycles. The van der Waals surface area contributed by atoms with Crippen molar-refractivity contribution in [1.82, 2.24) is 5.43 Å². The van der Waals surface area contributed by atoms with E-state index in [9.17, 15) is 9.59 Å². The number of ether oxygens (including phenoxy) is 3. The zero-order valence-corrected chi connectivity index (χ0v) is 17.1. The van der Waals surface area contributed by atoms with E-state index in [4.69, 9.17) is 14.2 Å². The Labute approximate surface area is 180 Å². The molecule has 0 saturated carbocycles. The molecule has 1 amide bonds. The molecule has 30 heavy (non-hydrogen) atoms. The second kappa shape index (κ2) is 8.79. The van der Waals surface area contributed by atoms with Crippen molar-refractivity contribution >= 4 is 34.0 Å². The van der Waals surface area contributed by atoms with Crippen molar-refractivity contribution in [2.75, 3.05) is 6.79 Å². The van der Waals surface area contributed by atoms with Crippen LogP contribution in [0.5, 0.6) is 17.2 Å². The van der Waals surface area contributed by atoms with Crippen LogP contribution in [0.1, 0.15) is 26.3 Å². The van der Waals surface area contributed by atoms with Crippen LogP contribution >= 0.6 is 15.9 Å². The predicted octanol–water partition coefficient (Wildman–Crippen LogP) is 4.16. The van der Waals surface area contributed by atoms with Gasteiger partial charge < -0.3 is 14.2 Å². The molecule has 0 unspecified atom stereocenters. The van der Waals surface area contributed by atoms with Gasteiger partial charge in [0.15, 0.2) is 11.5 Å². The molecule has 0 fully saturated rings. The Morgan fingerprint density at radius 3 is 2.60 bits per heavy atom. The first kappa shape index (κ1) is 19.7. The first-order valence-electron chi connectivity index (χ1n) is 8.90. The summed E-state index contributed by atoms with van der Waals surface area (Å²) in [5.74, 6) is 0.510. The van der Waals surface area contributed by atoms with Gasteiger partial charge in [-0.15, -0.1) is 0 Å². The lowest BCUT2D eigenvalue weighted by atomic mass is 10.2. The number of carbonyl (C=O) groups is 2. The Balaban J connectivity index is 1.47. The van der Waals surface area contributed by atoms with E-state index >= 15 is 0 Å². The largest absolute Gasteiger partial charge is 0.454 e. The first-order chi connectivity index (χ1) is 14.6. The number of halogens is 1. The van der Waals surface area contributed by atoms with Gasteiger partial charge in [0.05, 0.1) is 11.8 Å². The number of amides is 1. The van der Waals surface area contributed by atoms with Crippen LogP contribution in [0, 0.1) is 0 Å². The monoisotopic (exact) mass is 466 g/mol. The van der Waals surface area contributed by atoms with Crippen LogP contribution < -0.4 is 19.6 Å². The number of hydrazone groups is 1. The number of fused-ring (bicyclic) bond motifs is 1. The summed E-state index contributed by atoms with van der Waals surface area (Å²) in [5.41, 5.74) is 3.77. The Kier molecular flexibility index (Phi) is 5.76. The van der Waals surface area contributed by atoms with Crippen LogP contribution in [-0.4, -0.2) is 24.9 Å². The third-order valence-electron chi connectivity index (χ3n) is 4.19. The van der Waals surface area contributed by atoms with Crippen molar-refractivity contribution in [3.8, 4) is 17.2 Å². The highest BCUT2D eigenvalue weighted by molar-refractivity contribution is 9.10. The third-order valence-corrected chi connectivity index (χ3v) is 4.68. The van der Waals surface area contributed by atoms with E-state index in [1.54, 1.807) is 60.7 Å². The van der Waals surface area contributed by atoms with Gasteiger partial charge in [0.1, 0.15) is 5.75 Å². The highest BCUT2D eigenvalue weighted by atomic mass is 79.9. The Bertz CT molecular complexity index is 1130. The second-order valence-corrected chi connectivity index (χ2v) is 7.12. The molecule has 1 N–H and O–H groups in total. The molecule has 3 aromatic rings. The van der Waals surface area contributed by atoms with Crippen LogP contribution in [0.4, 0.5) is 0 Å². The minimum atomic E-state index is -0.489. The second-order valence-electron chi connectivity index (χ2n) is 6.20. The number of nitrogens with one attached hydrogen (secondary N) is 1. The summed E-state index contributed by atoms with van der Waals surface area (Å²) in [6, 6.07) is 18.6. The molecule has 0 radical (unpaired) electrons. The Morgan fingerprint density at radius 2 is 1.77 bits per heavy atom. The molecule has 0 saturated heterocycles. The summed E-state index contributed by atoms with van der Waals surface area (Å²) in [6.45, 7) is 0.131. The van der Waals surface area contributed by atoms with Gasteiger partial charge in [-0.25, -0.2) is 10.2 Å². The lowest BCUT2D eigenvalue weighted by molar-refractivity contribution is 0.0734. The fourth-order valence-corrected chi connectivity index (χ4v) is 3.09. The molecule has 150 valence electrons. The molecule has 8 heteroatoms. The number of rotatable bonds is 5. The van der Waals surface area contributed by atoms with E-state index < -0.39 is 11.9 Å². The number of hydrogen-bond acceptors (Lipinski definition) is 6. The predicted molar refractivity (Wildman–Crippen MR) is 113 cm³/mol. The van der Waals surface area contributed by atoms with Crippen molar-refractivity contribution in [3.05, 3.63) is 87.9 Å². The number of carbonyl (C=O) groups excluding carboxylic acids is 2. The lowest BCUT2D eigenvalue weighted by Crippen LogP contribution is -2.17. The van der Waals surface area contributed by atoms with E-state index in [0.29, 0.717) is 33.9 Å². The normalized spacial score (nSPS) is 12.0. The molecule has 0 bridgehead atoms. The Morgan fingerprint density at radius 1 is 0.967 bits per heavy atom. The standard InChI is InChI=1S/C22H15BrN2O5/c23-17-7-9-18(30-22(27)14-4-2-1-3-5-14)16(10-17)12-24-25-21(26)15-6-8-19-20(11-15)29-13-28-19/h1-12H,13H2,(H,25,26). The fraction of sp³-hybridized carbons (Fsp3) is 0.0455. The van der Waals surface area contributed by atoms with Gasteiger partial charge in [0.25, 0.3) is 5.91 Å². The van der Waals surface area contributed by atoms with Gasteiger partial charge >= 0.3 is 5.97 Å². The zero-order valence-electron chi connectivity index (χ0n) is 15.5. The van der Waals surface area contributed by atoms with Crippen molar-refractivity contribution in [3.63, 3.8) is 0 Å². The number of hydrogen-bond donors (Lipinski definition) is 1. The molecule has 0 aromatic heterocycles. The summed E-state index contributed by atoms with van der Waals surface area (Å²) in [7, 11) is 0. The maximum atomic E-state index is 12.3. The van der Waals surface area contributed by atoms with E-state index in [1.165, 1.54) is 6.21 Å². The van der Waals surface area contributed by atoms with Crippen molar-refractivity contribution in [2.45, 2.75) is 0 Å². The molecular weight excluding hydrogens is 452 g/mol. The maximum Gasteiger partial charge on any atom is 0.343 e. The maximum absolute atomic E-state index is 12.3. The van der Waals surface area contributed by atoms with Gasteiger partial charge in [-0.1, -0.05) is 34.1 Å². The SMILES string of the molecule is O=C(NN=Cc1cc(Br)ccc1OC(=O)c1ccccc1)c1ccc2c(c1)OCO2. The molecule has 0 spiro atoms. The van der Waals surface area contributed by atoms with E-state index in [2.05, 4.69) is 26.5 Å². The van der Waals surface area contributed by atoms with E-state index in [0.717, 1.165) is 4.47 Å². The molecule has 1 aliphatic rings. The lowest BCUT2D eigenvalue weighted by Gasteiger charge is -2.08. The molecular formula is C22H15BrN2O5. The average Bonchev–Trinajstić information content (AvgIpc) is 3.24. The van der Waals surface area contributed by atoms with Crippen LogP contribution in [-0.2, 0) is 0 Å². The molecule has 7 nitrogen and oxygen atoms in total. The highest BCUT2D eigenvalue weighted by Crippen LogP contribution is 2.32. The van der Waals surface area contributed by atoms with Crippen molar-refractivity contribution < 1.29 is 23.8 Å². The van der Waals surface area contributed by atoms with Gasteiger partial charge in [0.2, 0.25) is 6.79 Å². The smallest absolute Gasteiger partial charge is 0.343 e. The zero-order chi connectivity index (χ0) is 20.9. The van der Waals surface area contributed by atoms with Crippen LogP contribution in [0.15, 0.2) is 76.3 Å². The number of esters is 1. The van der Waals surface area contributed by atoms with Crippen molar-refractivity contribution in [2.24, 2.45) is 5.10 Å². The summed E-state index contributed by atoms with van der Waals surface area (Å²) >= 11 is 3.38. The molecule has 0 atom stereocenters. The molecule has 1 aliphatic heterocycles. The number of benzene rings is 3. The van der Waals surface area contributed by atoms with E-state index in [1.807, 2.05) is 6.07 Å². The first-order valence-corrected chi connectivity index (χ1v) is 9.69. The summed E-state index contributed by atoms with van der Waals surface area (Å²) < 4.78 is 16.8. The summed E-state index contributed by atoms with van der Waals surface area (Å²) in [6.07, 6.45) is 1.41. The van der Waals surface area contributed by atoms with Crippen LogP contribution in [0.25, 0.3) is 0 Å². The third kappa shape index (κ3) is 4.49. The van der Waals surface area contributed by atoms with Gasteiger partial charge in [-0.2, -0.15) is 5.10 Å². The average molecular weight is 467 g/mol. The quantitative estimate of drug-likeness (QED) is 0.264. The van der Waals surface area contributed by atoms with Crippen molar-refractivity contribution in [1.29, 1.82) is 0 Å². The summed E-state index contributed by atoms with van der Waals surface area (Å²) in [5, 5.41) is 3.98. The minimum Gasteiger partial charge on any atom is -0.454 e. The molecule has 4 rings (SSSR count). The van der Waals surface area contributed by atoms with Gasteiger partial charge in [0, 0.05) is 15.6 Å². The molecule has 1 heterocycles. The number of nitrogens with zero attached hydrogens (tertiary/aromatic N) is 1. The van der Waals surface area contributed by atoms with Crippen LogP contribution in [0.2, 0.25) is 0 Å². The highest BCUT2D eigenvalue weighted by Gasteiger charge is 2.16. The Hall–Kier alpha value is -3.65. The topological polar surface area (TPSA) is 86.2 Å². The van der Waals surface area contributed by atoms with Crippen LogP contribution in [0.3, 0.4) is 0 Å². The summed E-state index contributed by atoms with van der Waals surface area (Å²) in [4.78, 5) is 24.7. The minimum absolute atomic E-state index is 0.131. The van der Waals surface area contributed by atoms with Gasteiger partial charge in [-0.3, -0.25) is 4.79 Å². The fourth-order valence-electron chi connectivity index (χ4n) is 2.71. The molecule has 3 aromatic carbocycles. The van der Waals surface area contributed by atoms with Gasteiger partial charge in [-0.05, 0) is 48.5 Å².